The van der Waals surface area contributed by atoms with Crippen molar-refractivity contribution in [1.82, 2.24) is 9.97 Å². The number of hydrogen-bond acceptors (Lipinski definition) is 7. The quantitative estimate of drug-likeness (QED) is 0.282. The lowest BCUT2D eigenvalue weighted by atomic mass is 10.3. The van der Waals surface area contributed by atoms with Crippen LogP contribution < -0.4 is 10.5 Å². The highest BCUT2D eigenvalue weighted by Crippen LogP contribution is 2.32. The summed E-state index contributed by atoms with van der Waals surface area (Å²) in [4.78, 5) is 18.1. The fourth-order valence-electron chi connectivity index (χ4n) is 1.38. The molecule has 21 heavy (non-hydrogen) atoms. The molecular weight excluding hydrogens is 346 g/mol. The number of nitro benzene ring substituents is 1. The third-order valence-corrected chi connectivity index (χ3v) is 2.82. The second kappa shape index (κ2) is 6.13. The van der Waals surface area contributed by atoms with Gasteiger partial charge >= 0.3 is 5.69 Å². The molecule has 2 aromatic rings. The van der Waals surface area contributed by atoms with E-state index in [0.29, 0.717) is 4.47 Å². The largest absolute Gasteiger partial charge is 0.430 e. The molecule has 0 unspecified atom stereocenters. The predicted octanol–water partition coefficient (Wildman–Crippen LogP) is 2.03. The summed E-state index contributed by atoms with van der Waals surface area (Å²) in [6.07, 6.45) is 2.42. The van der Waals surface area contributed by atoms with Gasteiger partial charge in [0.25, 0.3) is 0 Å². The Balaban J connectivity index is 2.28. The van der Waals surface area contributed by atoms with Crippen molar-refractivity contribution in [2.75, 3.05) is 0 Å². The SMILES string of the molecule is NC(=NO)c1cnc(Oc2ccc(Br)cc2[N+](=O)[O-])cn1. The monoisotopic (exact) mass is 353 g/mol. The minimum Gasteiger partial charge on any atom is -0.430 e. The number of halogens is 1. The lowest BCUT2D eigenvalue weighted by molar-refractivity contribution is -0.385. The summed E-state index contributed by atoms with van der Waals surface area (Å²) < 4.78 is 5.87. The van der Waals surface area contributed by atoms with E-state index in [9.17, 15) is 10.1 Å². The molecule has 0 saturated heterocycles. The number of benzene rings is 1. The number of aromatic nitrogens is 2. The van der Waals surface area contributed by atoms with Gasteiger partial charge in [-0.25, -0.2) is 9.97 Å². The fourth-order valence-corrected chi connectivity index (χ4v) is 1.73. The molecule has 0 spiro atoms. The van der Waals surface area contributed by atoms with Gasteiger partial charge in [-0.05, 0) is 12.1 Å². The molecule has 0 aliphatic carbocycles. The van der Waals surface area contributed by atoms with E-state index >= 15 is 0 Å². The van der Waals surface area contributed by atoms with Crippen LogP contribution >= 0.6 is 15.9 Å². The van der Waals surface area contributed by atoms with Crippen molar-refractivity contribution in [2.45, 2.75) is 0 Å². The zero-order valence-electron chi connectivity index (χ0n) is 10.3. The molecule has 0 bridgehead atoms. The molecule has 10 heteroatoms. The minimum atomic E-state index is -0.571. The summed E-state index contributed by atoms with van der Waals surface area (Å²) in [5.41, 5.74) is 5.27. The zero-order chi connectivity index (χ0) is 15.4. The van der Waals surface area contributed by atoms with Gasteiger partial charge in [0.15, 0.2) is 5.84 Å². The molecule has 0 atom stereocenters. The Morgan fingerprint density at radius 1 is 1.43 bits per heavy atom. The van der Waals surface area contributed by atoms with Gasteiger partial charge in [0.05, 0.1) is 17.3 Å². The number of rotatable bonds is 4. The summed E-state index contributed by atoms with van der Waals surface area (Å²) >= 11 is 3.14. The van der Waals surface area contributed by atoms with Crippen LogP contribution in [0.1, 0.15) is 5.69 Å². The normalized spacial score (nSPS) is 11.2. The molecule has 2 rings (SSSR count). The van der Waals surface area contributed by atoms with Crippen molar-refractivity contribution in [3.63, 3.8) is 0 Å². The highest BCUT2D eigenvalue weighted by molar-refractivity contribution is 9.10. The van der Waals surface area contributed by atoms with Crippen molar-refractivity contribution in [1.29, 1.82) is 0 Å². The first-order chi connectivity index (χ1) is 10.0. The van der Waals surface area contributed by atoms with Gasteiger partial charge in [-0.15, -0.1) is 0 Å². The molecule has 0 aliphatic heterocycles. The Kier molecular flexibility index (Phi) is 4.28. The van der Waals surface area contributed by atoms with Crippen LogP contribution in [-0.4, -0.2) is 25.9 Å². The Morgan fingerprint density at radius 2 is 2.19 bits per heavy atom. The first kappa shape index (κ1) is 14.7. The van der Waals surface area contributed by atoms with E-state index in [2.05, 4.69) is 31.1 Å². The molecule has 0 aliphatic rings. The Labute approximate surface area is 126 Å². The molecule has 0 radical (unpaired) electrons. The van der Waals surface area contributed by atoms with Crippen LogP contribution in [0.5, 0.6) is 11.6 Å². The Morgan fingerprint density at radius 3 is 2.76 bits per heavy atom. The maximum Gasteiger partial charge on any atom is 0.312 e. The highest BCUT2D eigenvalue weighted by atomic mass is 79.9. The third-order valence-electron chi connectivity index (χ3n) is 2.33. The predicted molar refractivity (Wildman–Crippen MR) is 75.4 cm³/mol. The Bertz CT molecular complexity index is 704. The van der Waals surface area contributed by atoms with E-state index in [1.807, 2.05) is 0 Å². The van der Waals surface area contributed by atoms with E-state index < -0.39 is 4.92 Å². The van der Waals surface area contributed by atoms with Crippen LogP contribution in [0.3, 0.4) is 0 Å². The van der Waals surface area contributed by atoms with Crippen molar-refractivity contribution in [3.05, 3.63) is 50.9 Å². The van der Waals surface area contributed by atoms with E-state index in [1.165, 1.54) is 24.5 Å². The van der Waals surface area contributed by atoms with Gasteiger partial charge in [-0.1, -0.05) is 21.1 Å². The molecule has 9 nitrogen and oxygen atoms in total. The van der Waals surface area contributed by atoms with Crippen LogP contribution in [0, 0.1) is 10.1 Å². The van der Waals surface area contributed by atoms with Crippen LogP contribution in [-0.2, 0) is 0 Å². The number of nitrogens with zero attached hydrogens (tertiary/aromatic N) is 4. The summed E-state index contributed by atoms with van der Waals surface area (Å²) in [5, 5.41) is 22.2. The Hall–Kier alpha value is -2.75. The lowest BCUT2D eigenvalue weighted by Gasteiger charge is -2.05. The zero-order valence-corrected chi connectivity index (χ0v) is 11.9. The first-order valence-corrected chi connectivity index (χ1v) is 6.22. The smallest absolute Gasteiger partial charge is 0.312 e. The van der Waals surface area contributed by atoms with Crippen molar-refractivity contribution >= 4 is 27.5 Å². The molecule has 108 valence electrons. The van der Waals surface area contributed by atoms with Gasteiger partial charge < -0.3 is 15.7 Å². The van der Waals surface area contributed by atoms with Gasteiger partial charge in [0.2, 0.25) is 11.6 Å². The number of nitrogens with two attached hydrogens (primary N) is 1. The van der Waals surface area contributed by atoms with Gasteiger partial charge in [0, 0.05) is 10.5 Å². The molecule has 1 aromatic heterocycles. The molecule has 0 saturated carbocycles. The van der Waals surface area contributed by atoms with Crippen LogP contribution in [0.2, 0.25) is 0 Å². The summed E-state index contributed by atoms with van der Waals surface area (Å²) in [7, 11) is 0. The summed E-state index contributed by atoms with van der Waals surface area (Å²) in [6, 6.07) is 4.34. The van der Waals surface area contributed by atoms with E-state index in [4.69, 9.17) is 15.7 Å². The van der Waals surface area contributed by atoms with Crippen molar-refractivity contribution in [2.24, 2.45) is 10.9 Å². The summed E-state index contributed by atoms with van der Waals surface area (Å²) in [6.45, 7) is 0. The van der Waals surface area contributed by atoms with E-state index in [0.717, 1.165) is 0 Å². The second-order valence-electron chi connectivity index (χ2n) is 3.70. The highest BCUT2D eigenvalue weighted by Gasteiger charge is 2.17. The number of oxime groups is 1. The average molecular weight is 354 g/mol. The average Bonchev–Trinajstić information content (AvgIpc) is 2.49. The summed E-state index contributed by atoms with van der Waals surface area (Å²) in [5.74, 6) is -0.146. The van der Waals surface area contributed by atoms with Crippen LogP contribution in [0.25, 0.3) is 0 Å². The van der Waals surface area contributed by atoms with Crippen molar-refractivity contribution < 1.29 is 14.9 Å². The van der Waals surface area contributed by atoms with Crippen LogP contribution in [0.15, 0.2) is 40.2 Å². The molecule has 0 fully saturated rings. The third kappa shape index (κ3) is 3.42. The number of amidine groups is 1. The van der Waals surface area contributed by atoms with Crippen molar-refractivity contribution in [3.8, 4) is 11.6 Å². The number of ether oxygens (including phenoxy) is 1. The molecular formula is C11H8BrN5O4. The topological polar surface area (TPSA) is 137 Å². The molecule has 0 amide bonds. The second-order valence-corrected chi connectivity index (χ2v) is 4.61. The number of nitro groups is 1. The van der Waals surface area contributed by atoms with Crippen LogP contribution in [0.4, 0.5) is 5.69 Å². The van der Waals surface area contributed by atoms with E-state index in [-0.39, 0.29) is 28.8 Å². The molecule has 3 N–H and O–H groups in total. The lowest BCUT2D eigenvalue weighted by Crippen LogP contribution is -2.15. The maximum absolute atomic E-state index is 11.0. The minimum absolute atomic E-state index is 0.0223. The fraction of sp³-hybridized carbons (Fsp3) is 0. The number of hydrogen-bond donors (Lipinski definition) is 2. The van der Waals surface area contributed by atoms with E-state index in [1.54, 1.807) is 6.07 Å². The van der Waals surface area contributed by atoms with Gasteiger partial charge in [-0.2, -0.15) is 0 Å². The first-order valence-electron chi connectivity index (χ1n) is 5.43. The van der Waals surface area contributed by atoms with Gasteiger partial charge in [-0.3, -0.25) is 10.1 Å². The van der Waals surface area contributed by atoms with Gasteiger partial charge in [0.1, 0.15) is 5.69 Å². The molecule has 1 heterocycles. The molecule has 1 aromatic carbocycles. The maximum atomic E-state index is 11.0. The standard InChI is InChI=1S/C11H8BrN5O4/c12-6-1-2-9(8(3-6)17(19)20)21-10-5-14-7(4-15-10)11(13)16-18/h1-5,18H,(H2,13,16).